The summed E-state index contributed by atoms with van der Waals surface area (Å²) in [6.07, 6.45) is -0.182. The van der Waals surface area contributed by atoms with Crippen LogP contribution in [0.15, 0.2) is 24.3 Å². The second kappa shape index (κ2) is 11.8. The Hall–Kier alpha value is -2.64. The van der Waals surface area contributed by atoms with Crippen LogP contribution < -0.4 is 0 Å². The normalized spacial score (nSPS) is 11.0. The van der Waals surface area contributed by atoms with Crippen molar-refractivity contribution in [2.75, 3.05) is 26.4 Å². The third kappa shape index (κ3) is 10.7. The molecule has 0 aliphatic rings. The summed E-state index contributed by atoms with van der Waals surface area (Å²) in [6.45, 7) is 10.9. The smallest absolute Gasteiger partial charge is 0.333 e. The summed E-state index contributed by atoms with van der Waals surface area (Å²) in [6, 6.07) is 0. The maximum Gasteiger partial charge on any atom is 0.333 e. The molecule has 8 heteroatoms. The van der Waals surface area contributed by atoms with E-state index in [0.29, 0.717) is 0 Å². The van der Waals surface area contributed by atoms with Crippen LogP contribution in [0.5, 0.6) is 0 Å². The molecule has 0 saturated heterocycles. The van der Waals surface area contributed by atoms with E-state index in [4.69, 9.17) is 18.9 Å². The van der Waals surface area contributed by atoms with E-state index in [9.17, 15) is 19.2 Å². The molecule has 25 heavy (non-hydrogen) atoms. The summed E-state index contributed by atoms with van der Waals surface area (Å²) in [5, 5.41) is 0. The van der Waals surface area contributed by atoms with Gasteiger partial charge in [0, 0.05) is 11.1 Å². The Morgan fingerprint density at radius 2 is 1.16 bits per heavy atom. The summed E-state index contributed by atoms with van der Waals surface area (Å²) < 4.78 is 19.2. The highest BCUT2D eigenvalue weighted by Gasteiger charge is 2.19. The van der Waals surface area contributed by atoms with Crippen LogP contribution in [0.2, 0.25) is 0 Å². The lowest BCUT2D eigenvalue weighted by Gasteiger charge is -2.11. The van der Waals surface area contributed by atoms with Gasteiger partial charge >= 0.3 is 23.9 Å². The van der Waals surface area contributed by atoms with Crippen molar-refractivity contribution >= 4 is 23.9 Å². The maximum atomic E-state index is 11.7. The first-order valence-electron chi connectivity index (χ1n) is 7.62. The summed E-state index contributed by atoms with van der Waals surface area (Å²) in [7, 11) is 0. The lowest BCUT2D eigenvalue weighted by Crippen LogP contribution is -2.22. The van der Waals surface area contributed by atoms with Crippen LogP contribution in [0.4, 0.5) is 0 Å². The summed E-state index contributed by atoms with van der Waals surface area (Å²) >= 11 is 0. The Morgan fingerprint density at radius 1 is 0.760 bits per heavy atom. The Balaban J connectivity index is 3.89. The van der Waals surface area contributed by atoms with Crippen LogP contribution in [-0.4, -0.2) is 50.3 Å². The van der Waals surface area contributed by atoms with Gasteiger partial charge in [0.1, 0.15) is 26.4 Å². The summed E-state index contributed by atoms with van der Waals surface area (Å²) in [5.74, 6) is -3.09. The minimum Gasteiger partial charge on any atom is -0.462 e. The minimum atomic E-state index is -0.720. The number of carbonyl (C=O) groups excluding carboxylic acids is 4. The molecule has 0 aliphatic carbocycles. The van der Waals surface area contributed by atoms with Crippen LogP contribution in [0.1, 0.15) is 27.2 Å². The largest absolute Gasteiger partial charge is 0.462 e. The van der Waals surface area contributed by atoms with E-state index in [1.165, 1.54) is 20.8 Å². The fourth-order valence-electron chi connectivity index (χ4n) is 1.35. The molecule has 0 fully saturated rings. The van der Waals surface area contributed by atoms with Crippen molar-refractivity contribution in [3.8, 4) is 0 Å². The maximum absolute atomic E-state index is 11.7. The van der Waals surface area contributed by atoms with Gasteiger partial charge in [-0.05, 0) is 13.8 Å². The van der Waals surface area contributed by atoms with Crippen molar-refractivity contribution in [1.29, 1.82) is 0 Å². The molecule has 0 aliphatic heterocycles. The fourth-order valence-corrected chi connectivity index (χ4v) is 1.35. The average Bonchev–Trinajstić information content (AvgIpc) is 2.54. The van der Waals surface area contributed by atoms with Crippen LogP contribution in [-0.2, 0) is 38.1 Å². The predicted octanol–water partition coefficient (Wildman–Crippen LogP) is 1.34. The molecule has 0 bridgehead atoms. The number of rotatable bonds is 11. The van der Waals surface area contributed by atoms with Crippen LogP contribution >= 0.6 is 0 Å². The molecule has 1 unspecified atom stereocenters. The van der Waals surface area contributed by atoms with Crippen LogP contribution in [0.25, 0.3) is 0 Å². The van der Waals surface area contributed by atoms with Crippen LogP contribution in [0.3, 0.4) is 0 Å². The van der Waals surface area contributed by atoms with E-state index in [1.807, 2.05) is 0 Å². The second-order valence-corrected chi connectivity index (χ2v) is 5.33. The molecule has 8 nitrogen and oxygen atoms in total. The molecule has 0 radical (unpaired) electrons. The van der Waals surface area contributed by atoms with Crippen molar-refractivity contribution in [2.45, 2.75) is 27.2 Å². The van der Waals surface area contributed by atoms with E-state index in [1.54, 1.807) is 0 Å². The Labute approximate surface area is 146 Å². The number of esters is 4. The van der Waals surface area contributed by atoms with Crippen LogP contribution in [0, 0.1) is 5.92 Å². The van der Waals surface area contributed by atoms with Gasteiger partial charge in [-0.3, -0.25) is 9.59 Å². The molecule has 0 aromatic rings. The third-order valence-electron chi connectivity index (χ3n) is 2.71. The van der Waals surface area contributed by atoms with Crippen molar-refractivity contribution < 1.29 is 38.1 Å². The Bertz CT molecular complexity index is 535. The van der Waals surface area contributed by atoms with Crippen molar-refractivity contribution in [1.82, 2.24) is 0 Å². The van der Waals surface area contributed by atoms with E-state index in [0.717, 1.165) is 0 Å². The van der Waals surface area contributed by atoms with Gasteiger partial charge < -0.3 is 18.9 Å². The van der Waals surface area contributed by atoms with Crippen molar-refractivity contribution in [3.63, 3.8) is 0 Å². The number of hydrogen-bond acceptors (Lipinski definition) is 8. The van der Waals surface area contributed by atoms with E-state index < -0.39 is 29.8 Å². The van der Waals surface area contributed by atoms with Gasteiger partial charge in [0.25, 0.3) is 0 Å². The zero-order valence-electron chi connectivity index (χ0n) is 14.8. The molecule has 0 spiro atoms. The van der Waals surface area contributed by atoms with Gasteiger partial charge in [0.15, 0.2) is 0 Å². The average molecular weight is 356 g/mol. The molecule has 140 valence electrons. The lowest BCUT2D eigenvalue weighted by atomic mass is 10.1. The molecule has 0 saturated carbocycles. The molecule has 0 aromatic carbocycles. The SMILES string of the molecule is C=C(C)C(=O)OCCOC(=O)CC(C)C(=O)OCCOC(=O)C(=C)C. The summed E-state index contributed by atoms with van der Waals surface area (Å²) in [5.41, 5.74) is 0.494. The van der Waals surface area contributed by atoms with Gasteiger partial charge in [-0.15, -0.1) is 0 Å². The Morgan fingerprint density at radius 3 is 1.60 bits per heavy atom. The molecular weight excluding hydrogens is 332 g/mol. The first-order chi connectivity index (χ1) is 11.6. The van der Waals surface area contributed by atoms with Gasteiger partial charge in [-0.2, -0.15) is 0 Å². The van der Waals surface area contributed by atoms with Gasteiger partial charge in [0.05, 0.1) is 12.3 Å². The van der Waals surface area contributed by atoms with E-state index in [-0.39, 0.29) is 44.0 Å². The molecule has 0 amide bonds. The monoisotopic (exact) mass is 356 g/mol. The summed E-state index contributed by atoms with van der Waals surface area (Å²) in [4.78, 5) is 45.5. The number of carbonyl (C=O) groups is 4. The number of hydrogen-bond donors (Lipinski definition) is 0. The highest BCUT2D eigenvalue weighted by molar-refractivity contribution is 5.87. The van der Waals surface area contributed by atoms with Gasteiger partial charge in [-0.25, -0.2) is 9.59 Å². The molecule has 0 N–H and O–H groups in total. The second-order valence-electron chi connectivity index (χ2n) is 5.33. The van der Waals surface area contributed by atoms with E-state index in [2.05, 4.69) is 13.2 Å². The molecule has 1 atom stereocenters. The lowest BCUT2D eigenvalue weighted by molar-refractivity contribution is -0.158. The first kappa shape index (κ1) is 22.4. The predicted molar refractivity (Wildman–Crippen MR) is 87.2 cm³/mol. The van der Waals surface area contributed by atoms with Crippen molar-refractivity contribution in [2.24, 2.45) is 5.92 Å². The topological polar surface area (TPSA) is 105 Å². The third-order valence-corrected chi connectivity index (χ3v) is 2.71. The zero-order valence-corrected chi connectivity index (χ0v) is 14.8. The Kier molecular flexibility index (Phi) is 10.6. The molecule has 0 heterocycles. The number of ether oxygens (including phenoxy) is 4. The van der Waals surface area contributed by atoms with Gasteiger partial charge in [0.2, 0.25) is 0 Å². The molecular formula is C17H24O8. The highest BCUT2D eigenvalue weighted by Crippen LogP contribution is 2.06. The molecule has 0 aromatic heterocycles. The first-order valence-corrected chi connectivity index (χ1v) is 7.62. The highest BCUT2D eigenvalue weighted by atomic mass is 16.6. The zero-order chi connectivity index (χ0) is 19.4. The van der Waals surface area contributed by atoms with Crippen molar-refractivity contribution in [3.05, 3.63) is 24.3 Å². The van der Waals surface area contributed by atoms with Gasteiger partial charge in [-0.1, -0.05) is 20.1 Å². The molecule has 0 rings (SSSR count). The van der Waals surface area contributed by atoms with E-state index >= 15 is 0 Å². The fraction of sp³-hybridized carbons (Fsp3) is 0.529. The standard InChI is InChI=1S/C17H24O8/c1-11(2)15(19)23-7-6-22-14(18)10-13(5)17(21)25-9-8-24-16(20)12(3)4/h13H,1,3,6-10H2,2,4-5H3. The minimum absolute atomic E-state index is 0.0929. The quantitative estimate of drug-likeness (QED) is 0.236.